The van der Waals surface area contributed by atoms with E-state index in [1.54, 1.807) is 0 Å². The summed E-state index contributed by atoms with van der Waals surface area (Å²) in [6.07, 6.45) is 1.65. The maximum atomic E-state index is 12.3. The van der Waals surface area contributed by atoms with Crippen molar-refractivity contribution in [1.29, 1.82) is 0 Å². The standard InChI is InChI=1S/C24H35N3O4/c1-23(2,3)31-22(29)27-17-24(18-27)15-25(16-24)13-19-9-11-26(12-10-19)21(28)30-14-20-7-5-4-6-8-20/h4-8,19H,9-18H2,1-3H3. The minimum absolute atomic E-state index is 0.192. The summed E-state index contributed by atoms with van der Waals surface area (Å²) in [5, 5.41) is 0. The topological polar surface area (TPSA) is 62.3 Å². The predicted molar refractivity (Wildman–Crippen MR) is 118 cm³/mol. The van der Waals surface area contributed by atoms with Crippen LogP contribution in [0.25, 0.3) is 0 Å². The van der Waals surface area contributed by atoms with Gasteiger partial charge in [0.2, 0.25) is 0 Å². The monoisotopic (exact) mass is 429 g/mol. The SMILES string of the molecule is CC(C)(C)OC(=O)N1CC2(CN(CC3CCN(C(=O)OCc4ccccc4)CC3)C2)C1. The lowest BCUT2D eigenvalue weighted by atomic mass is 9.72. The first-order chi connectivity index (χ1) is 14.7. The molecule has 3 fully saturated rings. The van der Waals surface area contributed by atoms with Crippen LogP contribution < -0.4 is 0 Å². The van der Waals surface area contributed by atoms with E-state index >= 15 is 0 Å². The zero-order chi connectivity index (χ0) is 22.1. The first kappa shape index (κ1) is 21.9. The molecule has 170 valence electrons. The molecule has 3 aliphatic rings. The molecular formula is C24H35N3O4. The molecule has 0 bridgehead atoms. The van der Waals surface area contributed by atoms with Crippen LogP contribution in [0.1, 0.15) is 39.2 Å². The van der Waals surface area contributed by atoms with Gasteiger partial charge in [0.05, 0.1) is 0 Å². The van der Waals surface area contributed by atoms with Gasteiger partial charge in [0.15, 0.2) is 0 Å². The third-order valence-corrected chi connectivity index (χ3v) is 6.42. The van der Waals surface area contributed by atoms with Gasteiger partial charge in [-0.3, -0.25) is 0 Å². The summed E-state index contributed by atoms with van der Waals surface area (Å²) in [6.45, 7) is 12.4. The van der Waals surface area contributed by atoms with Crippen molar-refractivity contribution >= 4 is 12.2 Å². The second kappa shape index (κ2) is 8.69. The fourth-order valence-corrected chi connectivity index (χ4v) is 4.92. The molecule has 1 aromatic rings. The van der Waals surface area contributed by atoms with E-state index in [0.29, 0.717) is 12.5 Å². The molecule has 0 aliphatic carbocycles. The zero-order valence-corrected chi connectivity index (χ0v) is 19.0. The summed E-state index contributed by atoms with van der Waals surface area (Å²) < 4.78 is 10.9. The molecule has 7 heteroatoms. The molecule has 0 atom stereocenters. The first-order valence-corrected chi connectivity index (χ1v) is 11.4. The molecule has 3 aliphatic heterocycles. The van der Waals surface area contributed by atoms with Crippen molar-refractivity contribution in [2.75, 3.05) is 45.8 Å². The van der Waals surface area contributed by atoms with Crippen molar-refractivity contribution in [2.45, 2.75) is 45.8 Å². The Labute approximate surface area is 185 Å². The molecule has 31 heavy (non-hydrogen) atoms. The lowest BCUT2D eigenvalue weighted by Gasteiger charge is -2.60. The summed E-state index contributed by atoms with van der Waals surface area (Å²) in [6, 6.07) is 9.79. The maximum absolute atomic E-state index is 12.3. The molecule has 3 heterocycles. The van der Waals surface area contributed by atoms with Crippen molar-refractivity contribution in [3.63, 3.8) is 0 Å². The number of likely N-dealkylation sites (tertiary alicyclic amines) is 3. The molecule has 0 radical (unpaired) electrons. The van der Waals surface area contributed by atoms with E-state index in [9.17, 15) is 9.59 Å². The van der Waals surface area contributed by atoms with E-state index in [1.807, 2.05) is 60.9 Å². The molecule has 4 rings (SSSR count). The summed E-state index contributed by atoms with van der Waals surface area (Å²) in [5.74, 6) is 0.623. The molecule has 2 amide bonds. The van der Waals surface area contributed by atoms with E-state index in [2.05, 4.69) is 4.90 Å². The Morgan fingerprint density at radius 1 is 0.968 bits per heavy atom. The van der Waals surface area contributed by atoms with Crippen molar-refractivity contribution in [3.8, 4) is 0 Å². The van der Waals surface area contributed by atoms with Crippen molar-refractivity contribution in [1.82, 2.24) is 14.7 Å². The van der Waals surface area contributed by atoms with Crippen molar-refractivity contribution in [2.24, 2.45) is 11.3 Å². The number of nitrogens with zero attached hydrogens (tertiary/aromatic N) is 3. The van der Waals surface area contributed by atoms with Gasteiger partial charge in [0, 0.05) is 51.2 Å². The van der Waals surface area contributed by atoms with E-state index in [4.69, 9.17) is 9.47 Å². The summed E-state index contributed by atoms with van der Waals surface area (Å²) >= 11 is 0. The molecule has 3 saturated heterocycles. The number of hydrogen-bond acceptors (Lipinski definition) is 5. The third-order valence-electron chi connectivity index (χ3n) is 6.42. The summed E-state index contributed by atoms with van der Waals surface area (Å²) in [5.41, 5.74) is 0.853. The van der Waals surface area contributed by atoms with Crippen LogP contribution in [0, 0.1) is 11.3 Å². The molecule has 0 unspecified atom stereocenters. The van der Waals surface area contributed by atoms with Gasteiger partial charge < -0.3 is 24.2 Å². The Morgan fingerprint density at radius 2 is 1.61 bits per heavy atom. The Kier molecular flexibility index (Phi) is 6.15. The summed E-state index contributed by atoms with van der Waals surface area (Å²) in [4.78, 5) is 30.6. The van der Waals surface area contributed by atoms with Crippen LogP contribution in [-0.2, 0) is 16.1 Å². The van der Waals surface area contributed by atoms with Gasteiger partial charge in [0.25, 0.3) is 0 Å². The van der Waals surface area contributed by atoms with E-state index in [0.717, 1.165) is 64.2 Å². The van der Waals surface area contributed by atoms with E-state index in [-0.39, 0.29) is 17.6 Å². The minimum Gasteiger partial charge on any atom is -0.445 e. The Hall–Kier alpha value is -2.28. The van der Waals surface area contributed by atoms with Gasteiger partial charge in [-0.1, -0.05) is 30.3 Å². The molecule has 1 aromatic carbocycles. The highest BCUT2D eigenvalue weighted by molar-refractivity contribution is 5.69. The van der Waals surface area contributed by atoms with Crippen LogP contribution in [0.2, 0.25) is 0 Å². The van der Waals surface area contributed by atoms with E-state index in [1.165, 1.54) is 0 Å². The summed E-state index contributed by atoms with van der Waals surface area (Å²) in [7, 11) is 0. The second-order valence-electron chi connectivity index (χ2n) is 10.5. The highest BCUT2D eigenvalue weighted by Gasteiger charge is 2.54. The molecular weight excluding hydrogens is 394 g/mol. The van der Waals surface area contributed by atoms with Crippen LogP contribution in [0.5, 0.6) is 0 Å². The van der Waals surface area contributed by atoms with Gasteiger partial charge in [-0.15, -0.1) is 0 Å². The molecule has 0 N–H and O–H groups in total. The highest BCUT2D eigenvalue weighted by Crippen LogP contribution is 2.41. The van der Waals surface area contributed by atoms with E-state index < -0.39 is 5.60 Å². The quantitative estimate of drug-likeness (QED) is 0.732. The first-order valence-electron chi connectivity index (χ1n) is 11.4. The van der Waals surface area contributed by atoms with Gasteiger partial charge in [-0.2, -0.15) is 0 Å². The number of benzene rings is 1. The van der Waals surface area contributed by atoms with Crippen LogP contribution in [-0.4, -0.2) is 78.3 Å². The van der Waals surface area contributed by atoms with Gasteiger partial charge in [-0.05, 0) is 45.1 Å². The number of carbonyl (C=O) groups is 2. The Balaban J connectivity index is 1.11. The highest BCUT2D eigenvalue weighted by atomic mass is 16.6. The van der Waals surface area contributed by atoms with Crippen LogP contribution >= 0.6 is 0 Å². The molecule has 0 saturated carbocycles. The lowest BCUT2D eigenvalue weighted by Crippen LogP contribution is -2.73. The molecule has 1 spiro atoms. The minimum atomic E-state index is -0.436. The van der Waals surface area contributed by atoms with Crippen LogP contribution in [0.15, 0.2) is 30.3 Å². The number of hydrogen-bond donors (Lipinski definition) is 0. The third kappa shape index (κ3) is 5.50. The number of ether oxygens (including phenoxy) is 2. The molecule has 0 aromatic heterocycles. The average molecular weight is 430 g/mol. The number of piperidine rings is 1. The number of rotatable bonds is 4. The average Bonchev–Trinajstić information content (AvgIpc) is 2.66. The zero-order valence-electron chi connectivity index (χ0n) is 19.0. The second-order valence-corrected chi connectivity index (χ2v) is 10.5. The molecule has 7 nitrogen and oxygen atoms in total. The predicted octanol–water partition coefficient (Wildman–Crippen LogP) is 3.59. The largest absolute Gasteiger partial charge is 0.445 e. The normalized spacial score (nSPS) is 21.4. The van der Waals surface area contributed by atoms with Crippen molar-refractivity contribution < 1.29 is 19.1 Å². The van der Waals surface area contributed by atoms with Gasteiger partial charge in [-0.25, -0.2) is 9.59 Å². The van der Waals surface area contributed by atoms with Crippen LogP contribution in [0.3, 0.4) is 0 Å². The van der Waals surface area contributed by atoms with Gasteiger partial charge >= 0.3 is 12.2 Å². The van der Waals surface area contributed by atoms with Crippen LogP contribution in [0.4, 0.5) is 9.59 Å². The number of amides is 2. The Bertz CT molecular complexity index is 770. The number of carbonyl (C=O) groups excluding carboxylic acids is 2. The lowest BCUT2D eigenvalue weighted by molar-refractivity contribution is -0.117. The Morgan fingerprint density at radius 3 is 2.23 bits per heavy atom. The van der Waals surface area contributed by atoms with Gasteiger partial charge in [0.1, 0.15) is 12.2 Å². The maximum Gasteiger partial charge on any atom is 0.410 e. The smallest absolute Gasteiger partial charge is 0.410 e. The van der Waals surface area contributed by atoms with Crippen molar-refractivity contribution in [3.05, 3.63) is 35.9 Å². The fraction of sp³-hybridized carbons (Fsp3) is 0.667. The fourth-order valence-electron chi connectivity index (χ4n) is 4.92.